The first-order valence-electron chi connectivity index (χ1n) is 18.2. The summed E-state index contributed by atoms with van der Waals surface area (Å²) in [6.07, 6.45) is 14.7. The number of carbonyl (C=O) groups excluding carboxylic acids is 2. The van der Waals surface area contributed by atoms with Crippen LogP contribution < -0.4 is 0 Å². The van der Waals surface area contributed by atoms with Gasteiger partial charge in [-0.05, 0) is 110 Å². The number of likely N-dealkylation sites (tertiary alicyclic amines) is 1. The minimum absolute atomic E-state index is 0.0477. The lowest BCUT2D eigenvalue weighted by Crippen LogP contribution is -2.52. The fourth-order valence-corrected chi connectivity index (χ4v) is 11.9. The Bertz CT molecular complexity index is 1370. The van der Waals surface area contributed by atoms with Gasteiger partial charge in [0.25, 0.3) is 5.91 Å². The Morgan fingerprint density at radius 3 is 2.49 bits per heavy atom. The molecule has 7 aliphatic rings. The van der Waals surface area contributed by atoms with Gasteiger partial charge < -0.3 is 19.1 Å². The fourth-order valence-electron chi connectivity index (χ4n) is 11.9. The maximum absolute atomic E-state index is 13.5. The number of carbonyl (C=O) groups is 2. The lowest BCUT2D eigenvalue weighted by atomic mass is 9.47. The molecular formula is C39H53NO5. The van der Waals surface area contributed by atoms with Crippen LogP contribution in [-0.2, 0) is 14.2 Å². The second-order valence-corrected chi connectivity index (χ2v) is 16.6. The fraction of sp³-hybridized carbons (Fsp3) is 0.744. The molecule has 0 N–H and O–H groups in total. The SMILES string of the molecule is C[C@@H]1CC[C@@]2(OC1)O[C@H]1C[C@H]3[C@@H]4CC=C5C[C@@H](OC(=O)c6ccccc6C(=O)N6CCCC6)CC[C@]5(C)[C@H]4CC[C@]3(C)[C@H]1[C@@H]2C. The van der Waals surface area contributed by atoms with Crippen molar-refractivity contribution in [2.24, 2.45) is 46.3 Å². The summed E-state index contributed by atoms with van der Waals surface area (Å²) in [6.45, 7) is 12.2. The topological polar surface area (TPSA) is 65.1 Å². The average Bonchev–Trinajstić information content (AvgIpc) is 3.74. The summed E-state index contributed by atoms with van der Waals surface area (Å²) < 4.78 is 19.7. The molecule has 3 heterocycles. The Balaban J connectivity index is 0.963. The van der Waals surface area contributed by atoms with Crippen molar-refractivity contribution >= 4 is 11.9 Å². The third-order valence-corrected chi connectivity index (χ3v) is 14.4. The van der Waals surface area contributed by atoms with Crippen molar-refractivity contribution in [3.05, 3.63) is 47.0 Å². The van der Waals surface area contributed by atoms with Gasteiger partial charge in [0.2, 0.25) is 0 Å². The third kappa shape index (κ3) is 4.62. The van der Waals surface area contributed by atoms with Crippen molar-refractivity contribution in [3.63, 3.8) is 0 Å². The predicted octanol–water partition coefficient (Wildman–Crippen LogP) is 7.81. The number of esters is 1. The number of allylic oxidation sites excluding steroid dienone is 1. The number of hydrogen-bond acceptors (Lipinski definition) is 5. The molecule has 1 amide bonds. The summed E-state index contributed by atoms with van der Waals surface area (Å²) >= 11 is 0. The third-order valence-electron chi connectivity index (χ3n) is 14.4. The van der Waals surface area contributed by atoms with E-state index >= 15 is 0 Å². The summed E-state index contributed by atoms with van der Waals surface area (Å²) in [6, 6.07) is 7.21. The Kier molecular flexibility index (Phi) is 7.33. The van der Waals surface area contributed by atoms with Crippen LogP contribution in [0.4, 0.5) is 0 Å². The molecule has 3 saturated heterocycles. The Hall–Kier alpha value is -2.18. The number of ether oxygens (including phenoxy) is 3. The van der Waals surface area contributed by atoms with Gasteiger partial charge in [-0.2, -0.15) is 0 Å². The molecule has 0 unspecified atom stereocenters. The van der Waals surface area contributed by atoms with Gasteiger partial charge in [-0.25, -0.2) is 4.79 Å². The maximum Gasteiger partial charge on any atom is 0.339 e. The van der Waals surface area contributed by atoms with Crippen molar-refractivity contribution in [3.8, 4) is 0 Å². The predicted molar refractivity (Wildman–Crippen MR) is 172 cm³/mol. The second-order valence-electron chi connectivity index (χ2n) is 16.6. The molecule has 3 aliphatic heterocycles. The van der Waals surface area contributed by atoms with E-state index in [1.165, 1.54) is 31.3 Å². The monoisotopic (exact) mass is 615 g/mol. The van der Waals surface area contributed by atoms with E-state index in [-0.39, 0.29) is 29.2 Å². The smallest absolute Gasteiger partial charge is 0.339 e. The molecule has 6 nitrogen and oxygen atoms in total. The van der Waals surface area contributed by atoms with Crippen LogP contribution in [0.1, 0.15) is 119 Å². The van der Waals surface area contributed by atoms with E-state index in [2.05, 4.69) is 33.8 Å². The number of nitrogens with zero attached hydrogens (tertiary/aromatic N) is 1. The zero-order valence-corrected chi connectivity index (χ0v) is 27.9. The van der Waals surface area contributed by atoms with Crippen LogP contribution >= 0.6 is 0 Å². The minimum atomic E-state index is -0.352. The summed E-state index contributed by atoms with van der Waals surface area (Å²) in [5.41, 5.74) is 2.87. The van der Waals surface area contributed by atoms with Gasteiger partial charge in [-0.15, -0.1) is 0 Å². The van der Waals surface area contributed by atoms with E-state index in [9.17, 15) is 9.59 Å². The highest BCUT2D eigenvalue weighted by atomic mass is 16.7. The highest BCUT2D eigenvalue weighted by Gasteiger charge is 2.68. The first-order chi connectivity index (χ1) is 21.6. The van der Waals surface area contributed by atoms with Crippen molar-refractivity contribution in [2.45, 2.75) is 116 Å². The van der Waals surface area contributed by atoms with Crippen LogP contribution in [0.2, 0.25) is 0 Å². The van der Waals surface area contributed by atoms with Crippen LogP contribution in [0.3, 0.4) is 0 Å². The molecule has 8 rings (SSSR count). The van der Waals surface area contributed by atoms with Crippen LogP contribution in [0, 0.1) is 46.3 Å². The average molecular weight is 616 g/mol. The number of hydrogen-bond donors (Lipinski definition) is 0. The molecule has 45 heavy (non-hydrogen) atoms. The van der Waals surface area contributed by atoms with Crippen molar-refractivity contribution in [1.82, 2.24) is 4.90 Å². The lowest BCUT2D eigenvalue weighted by molar-refractivity contribution is -0.272. The Labute approximate surface area is 269 Å². The van der Waals surface area contributed by atoms with Gasteiger partial charge in [0.1, 0.15) is 6.10 Å². The zero-order valence-electron chi connectivity index (χ0n) is 27.9. The summed E-state index contributed by atoms with van der Waals surface area (Å²) in [5, 5.41) is 0. The van der Waals surface area contributed by atoms with E-state index < -0.39 is 0 Å². The van der Waals surface area contributed by atoms with Crippen LogP contribution in [0.5, 0.6) is 0 Å². The molecule has 4 aliphatic carbocycles. The van der Waals surface area contributed by atoms with Gasteiger partial charge in [0, 0.05) is 31.8 Å². The molecule has 1 aromatic rings. The minimum Gasteiger partial charge on any atom is -0.458 e. The molecule has 244 valence electrons. The molecule has 0 radical (unpaired) electrons. The quantitative estimate of drug-likeness (QED) is 0.256. The van der Waals surface area contributed by atoms with Crippen LogP contribution in [-0.4, -0.2) is 54.5 Å². The highest BCUT2D eigenvalue weighted by molar-refractivity contribution is 6.05. The van der Waals surface area contributed by atoms with E-state index in [1.54, 1.807) is 12.1 Å². The molecule has 11 atom stereocenters. The van der Waals surface area contributed by atoms with E-state index in [4.69, 9.17) is 14.2 Å². The summed E-state index contributed by atoms with van der Waals surface area (Å²) in [4.78, 5) is 28.6. The van der Waals surface area contributed by atoms with Crippen molar-refractivity contribution in [2.75, 3.05) is 19.7 Å². The highest BCUT2D eigenvalue weighted by Crippen LogP contribution is 2.70. The van der Waals surface area contributed by atoms with Crippen molar-refractivity contribution < 1.29 is 23.8 Å². The summed E-state index contributed by atoms with van der Waals surface area (Å²) in [5.74, 6) is 3.00. The van der Waals surface area contributed by atoms with Crippen LogP contribution in [0.25, 0.3) is 0 Å². The number of rotatable bonds is 3. The zero-order chi connectivity index (χ0) is 31.1. The molecule has 1 spiro atoms. The molecule has 0 bridgehead atoms. The van der Waals surface area contributed by atoms with E-state index in [0.29, 0.717) is 58.2 Å². The van der Waals surface area contributed by atoms with Crippen molar-refractivity contribution in [1.29, 1.82) is 0 Å². The first kappa shape index (κ1) is 30.2. The molecule has 6 heteroatoms. The standard InChI is InChI=1S/C39H53NO5/c1-24-13-18-39(43-23-24)25(2)34-33(45-39)22-32-30-12-11-26-21-27(14-16-37(26,3)31(30)15-17-38(32,34)4)44-36(42)29-10-6-5-9-28(29)35(41)40-19-7-8-20-40/h5-6,9-11,24-25,27,30-34H,7-8,12-23H2,1-4H3/t24-,25+,27+,30-,31+,32+,33+,34+,37+,38+,39-/m1/s1. The Morgan fingerprint density at radius 1 is 0.956 bits per heavy atom. The maximum atomic E-state index is 13.5. The van der Waals surface area contributed by atoms with E-state index in [0.717, 1.165) is 64.6 Å². The lowest BCUT2D eigenvalue weighted by Gasteiger charge is -2.58. The molecular weight excluding hydrogens is 562 g/mol. The number of amides is 1. The normalized spacial score (nSPS) is 45.3. The first-order valence-corrected chi connectivity index (χ1v) is 18.2. The number of fused-ring (bicyclic) bond motifs is 7. The largest absolute Gasteiger partial charge is 0.458 e. The summed E-state index contributed by atoms with van der Waals surface area (Å²) in [7, 11) is 0. The molecule has 3 saturated carbocycles. The van der Waals surface area contributed by atoms with Gasteiger partial charge in [0.05, 0.1) is 23.8 Å². The number of benzene rings is 1. The second kappa shape index (κ2) is 10.9. The van der Waals surface area contributed by atoms with E-state index in [1.807, 2.05) is 17.0 Å². The van der Waals surface area contributed by atoms with Gasteiger partial charge in [-0.3, -0.25) is 4.79 Å². The molecule has 0 aromatic heterocycles. The van der Waals surface area contributed by atoms with Gasteiger partial charge in [-0.1, -0.05) is 51.5 Å². The van der Waals surface area contributed by atoms with Gasteiger partial charge in [0.15, 0.2) is 5.79 Å². The van der Waals surface area contributed by atoms with Crippen LogP contribution in [0.15, 0.2) is 35.9 Å². The Morgan fingerprint density at radius 2 is 1.73 bits per heavy atom. The molecule has 1 aromatic carbocycles. The molecule has 6 fully saturated rings. The van der Waals surface area contributed by atoms with Gasteiger partial charge >= 0.3 is 5.97 Å².